The molecule has 2 aromatic rings. The van der Waals surface area contributed by atoms with Crippen LogP contribution in [0.5, 0.6) is 0 Å². The van der Waals surface area contributed by atoms with Gasteiger partial charge in [0.2, 0.25) is 5.91 Å². The van der Waals surface area contributed by atoms with E-state index in [4.69, 9.17) is 9.40 Å². The number of alkyl halides is 1. The van der Waals surface area contributed by atoms with E-state index >= 15 is 0 Å². The molecule has 10 heteroatoms. The Hall–Kier alpha value is -2.61. The van der Waals surface area contributed by atoms with E-state index < -0.39 is 28.2 Å². The molecule has 1 amide bonds. The molecule has 3 atom stereocenters. The Labute approximate surface area is 225 Å². The second kappa shape index (κ2) is 9.85. The molecule has 1 aliphatic heterocycles. The molecule has 1 aromatic carbocycles. The molecule has 38 heavy (non-hydrogen) atoms. The molecule has 1 aromatic heterocycles. The number of benzene rings is 1. The molecule has 3 aliphatic rings. The van der Waals surface area contributed by atoms with Gasteiger partial charge in [-0.05, 0) is 44.2 Å². The number of halogens is 1. The number of carbonyl (C=O) groups is 1. The summed E-state index contributed by atoms with van der Waals surface area (Å²) in [5.41, 5.74) is 1.32. The Bertz CT molecular complexity index is 1220. The quantitative estimate of drug-likeness (QED) is 0.447. The molecule has 3 N–H and O–H groups in total. The highest BCUT2D eigenvalue weighted by atomic mass is 32.3. The van der Waals surface area contributed by atoms with Crippen molar-refractivity contribution < 1.29 is 22.7 Å². The Morgan fingerprint density at radius 1 is 1.21 bits per heavy atom. The standard InChI is InChI=1S/C28H37FN4O4S/c1-27(2,3)26-31-23(18-4-7-20(8-5-18)33-12-14-38(35,36)15-13-33)24(37-26)21-9-6-19(29)16-22(21)25(34)32-28(17-30)10-11-28/h4-5,7-8,19,21-22,35-36H,6,9-16H2,1-3H3,(H,32,34)/t19-,21+,22+/m0/s1. The highest BCUT2D eigenvalue weighted by Crippen LogP contribution is 2.46. The van der Waals surface area contributed by atoms with Crippen molar-refractivity contribution in [1.29, 1.82) is 5.26 Å². The van der Waals surface area contributed by atoms with Crippen molar-refractivity contribution in [3.8, 4) is 17.3 Å². The highest BCUT2D eigenvalue weighted by molar-refractivity contribution is 8.24. The Balaban J connectivity index is 1.46. The molecular weight excluding hydrogens is 507 g/mol. The average molecular weight is 545 g/mol. The zero-order valence-electron chi connectivity index (χ0n) is 22.2. The summed E-state index contributed by atoms with van der Waals surface area (Å²) in [6, 6.07) is 10.1. The fourth-order valence-corrected chi connectivity index (χ4v) is 6.60. The van der Waals surface area contributed by atoms with Gasteiger partial charge in [-0.15, -0.1) is 0 Å². The van der Waals surface area contributed by atoms with E-state index in [1.807, 2.05) is 45.0 Å². The van der Waals surface area contributed by atoms with Crippen molar-refractivity contribution in [3.05, 3.63) is 35.9 Å². The Morgan fingerprint density at radius 2 is 1.87 bits per heavy atom. The van der Waals surface area contributed by atoms with Gasteiger partial charge in [0.15, 0.2) is 5.89 Å². The Kier molecular flexibility index (Phi) is 6.99. The molecule has 0 bridgehead atoms. The minimum Gasteiger partial charge on any atom is -0.444 e. The first-order chi connectivity index (χ1) is 17.9. The zero-order chi connectivity index (χ0) is 27.3. The third-order valence-electron chi connectivity index (χ3n) is 7.96. The molecule has 0 unspecified atom stereocenters. The van der Waals surface area contributed by atoms with Crippen LogP contribution in [0.2, 0.25) is 0 Å². The molecule has 2 heterocycles. The van der Waals surface area contributed by atoms with Crippen molar-refractivity contribution >= 4 is 22.2 Å². The van der Waals surface area contributed by atoms with Crippen LogP contribution in [0, 0.1) is 17.2 Å². The van der Waals surface area contributed by atoms with Crippen LogP contribution in [0.1, 0.15) is 70.4 Å². The minimum absolute atomic E-state index is 0.0933. The highest BCUT2D eigenvalue weighted by Gasteiger charge is 2.48. The largest absolute Gasteiger partial charge is 0.444 e. The SMILES string of the molecule is CC(C)(C)c1nc(-c2ccc(N3CCS(O)(O)CC3)cc2)c([C@@H]2CC[C@H](F)C[C@H]2C(=O)NC2(C#N)CC2)o1. The van der Waals surface area contributed by atoms with Crippen molar-refractivity contribution in [2.45, 2.75) is 75.9 Å². The molecule has 0 spiro atoms. The van der Waals surface area contributed by atoms with E-state index in [2.05, 4.69) is 16.3 Å². The van der Waals surface area contributed by atoms with Gasteiger partial charge in [-0.2, -0.15) is 15.9 Å². The van der Waals surface area contributed by atoms with E-state index in [1.165, 1.54) is 0 Å². The summed E-state index contributed by atoms with van der Waals surface area (Å²) in [6.45, 7) is 7.21. The lowest BCUT2D eigenvalue weighted by Crippen LogP contribution is -2.44. The van der Waals surface area contributed by atoms with Gasteiger partial charge in [0, 0.05) is 35.7 Å². The third-order valence-corrected chi connectivity index (χ3v) is 9.64. The molecule has 0 radical (unpaired) electrons. The lowest BCUT2D eigenvalue weighted by Gasteiger charge is -2.41. The lowest BCUT2D eigenvalue weighted by atomic mass is 9.75. The predicted molar refractivity (Wildman–Crippen MR) is 146 cm³/mol. The maximum Gasteiger partial charge on any atom is 0.225 e. The van der Waals surface area contributed by atoms with Crippen LogP contribution in [0.4, 0.5) is 10.1 Å². The maximum atomic E-state index is 14.6. The molecule has 8 nitrogen and oxygen atoms in total. The van der Waals surface area contributed by atoms with E-state index in [-0.39, 0.29) is 23.7 Å². The molecule has 5 rings (SSSR count). The van der Waals surface area contributed by atoms with Crippen LogP contribution in [-0.4, -0.2) is 56.3 Å². The van der Waals surface area contributed by atoms with Crippen LogP contribution in [0.25, 0.3) is 11.3 Å². The van der Waals surface area contributed by atoms with Crippen molar-refractivity contribution in [2.24, 2.45) is 5.92 Å². The Morgan fingerprint density at radius 3 is 2.45 bits per heavy atom. The first kappa shape index (κ1) is 27.0. The topological polar surface area (TPSA) is 123 Å². The van der Waals surface area contributed by atoms with Crippen LogP contribution in [0.15, 0.2) is 28.7 Å². The van der Waals surface area contributed by atoms with Crippen LogP contribution in [0.3, 0.4) is 0 Å². The number of carbonyl (C=O) groups excluding carboxylic acids is 1. The maximum absolute atomic E-state index is 14.6. The van der Waals surface area contributed by atoms with Crippen molar-refractivity contribution in [2.75, 3.05) is 29.5 Å². The van der Waals surface area contributed by atoms with Gasteiger partial charge in [-0.25, -0.2) is 9.37 Å². The van der Waals surface area contributed by atoms with E-state index in [1.54, 1.807) is 0 Å². The summed E-state index contributed by atoms with van der Waals surface area (Å²) in [6.07, 6.45) is 1.06. The van der Waals surface area contributed by atoms with Gasteiger partial charge in [0.1, 0.15) is 23.2 Å². The predicted octanol–water partition coefficient (Wildman–Crippen LogP) is 5.60. The molecule has 206 valence electrons. The average Bonchev–Trinajstić information content (AvgIpc) is 3.49. The second-order valence-electron chi connectivity index (χ2n) is 12.0. The van der Waals surface area contributed by atoms with Gasteiger partial charge in [0.05, 0.1) is 23.5 Å². The third kappa shape index (κ3) is 5.56. The number of anilines is 1. The fourth-order valence-electron chi connectivity index (χ4n) is 5.37. The number of hydrogen-bond donors (Lipinski definition) is 3. The number of nitrogens with zero attached hydrogens (tertiary/aromatic N) is 3. The molecule has 2 aliphatic carbocycles. The number of rotatable bonds is 5. The molecule has 1 saturated heterocycles. The van der Waals surface area contributed by atoms with Crippen LogP contribution >= 0.6 is 10.6 Å². The summed E-state index contributed by atoms with van der Waals surface area (Å²) in [5, 5.41) is 12.4. The first-order valence-corrected chi connectivity index (χ1v) is 15.3. The fraction of sp³-hybridized carbons (Fsp3) is 0.607. The summed E-state index contributed by atoms with van der Waals surface area (Å²) in [5.74, 6) is 0.616. The normalized spacial score (nSPS) is 27.3. The number of aromatic nitrogens is 1. The summed E-state index contributed by atoms with van der Waals surface area (Å²) < 4.78 is 40.8. The van der Waals surface area contributed by atoms with E-state index in [0.717, 1.165) is 11.3 Å². The van der Waals surface area contributed by atoms with Gasteiger partial charge in [0.25, 0.3) is 0 Å². The van der Waals surface area contributed by atoms with Gasteiger partial charge < -0.3 is 14.6 Å². The van der Waals surface area contributed by atoms with Crippen molar-refractivity contribution in [1.82, 2.24) is 10.3 Å². The van der Waals surface area contributed by atoms with Gasteiger partial charge in [-0.1, -0.05) is 32.9 Å². The minimum atomic E-state index is -2.47. The zero-order valence-corrected chi connectivity index (χ0v) is 23.1. The second-order valence-corrected chi connectivity index (χ2v) is 14.5. The number of hydrogen-bond acceptors (Lipinski definition) is 7. The summed E-state index contributed by atoms with van der Waals surface area (Å²) >= 11 is 0. The van der Waals surface area contributed by atoms with Crippen LogP contribution in [-0.2, 0) is 10.2 Å². The number of nitriles is 1. The molecule has 2 saturated carbocycles. The smallest absolute Gasteiger partial charge is 0.225 e. The van der Waals surface area contributed by atoms with E-state index in [9.17, 15) is 23.6 Å². The van der Waals surface area contributed by atoms with Crippen molar-refractivity contribution in [3.63, 3.8) is 0 Å². The summed E-state index contributed by atoms with van der Waals surface area (Å²) in [7, 11) is -2.47. The summed E-state index contributed by atoms with van der Waals surface area (Å²) in [4.78, 5) is 20.3. The number of oxazole rings is 1. The lowest BCUT2D eigenvalue weighted by molar-refractivity contribution is -0.128. The molecule has 3 fully saturated rings. The van der Waals surface area contributed by atoms with Gasteiger partial charge in [-0.3, -0.25) is 13.9 Å². The van der Waals surface area contributed by atoms with Gasteiger partial charge >= 0.3 is 0 Å². The van der Waals surface area contributed by atoms with Crippen LogP contribution < -0.4 is 10.2 Å². The van der Waals surface area contributed by atoms with E-state index in [0.29, 0.717) is 67.6 Å². The number of nitrogens with one attached hydrogen (secondary N) is 1. The number of amides is 1. The first-order valence-electron chi connectivity index (χ1n) is 13.4. The molecular formula is C28H37FN4O4S. The monoisotopic (exact) mass is 544 g/mol.